The summed E-state index contributed by atoms with van der Waals surface area (Å²) in [5.74, 6) is -0.0280. The van der Waals surface area contributed by atoms with Crippen LogP contribution in [-0.2, 0) is 6.42 Å². The smallest absolute Gasteiger partial charge is 0.274 e. The van der Waals surface area contributed by atoms with Crippen LogP contribution >= 0.6 is 15.9 Å². The Bertz CT molecular complexity index is 904. The van der Waals surface area contributed by atoms with E-state index in [0.717, 1.165) is 16.4 Å². The summed E-state index contributed by atoms with van der Waals surface area (Å²) in [4.78, 5) is 19.0. The Morgan fingerprint density at radius 1 is 1.35 bits per heavy atom. The minimum Gasteiger partial charge on any atom is -0.330 e. The molecule has 3 aromatic rings. The number of carbonyl (C=O) groups excluding carboxylic acids is 1. The fraction of sp³-hybridized carbons (Fsp3) is 0.235. The second-order valence-electron chi connectivity index (χ2n) is 5.75. The maximum absolute atomic E-state index is 12.9. The van der Waals surface area contributed by atoms with Gasteiger partial charge in [-0.05, 0) is 64.7 Å². The number of nitrogens with zero attached hydrogens (tertiary/aromatic N) is 4. The van der Waals surface area contributed by atoms with E-state index < -0.39 is 0 Å². The Balaban J connectivity index is 1.68. The lowest BCUT2D eigenvalue weighted by Crippen LogP contribution is -2.39. The summed E-state index contributed by atoms with van der Waals surface area (Å²) in [5.41, 5.74) is 3.78. The van der Waals surface area contributed by atoms with Crippen LogP contribution in [0.15, 0.2) is 47.3 Å². The maximum atomic E-state index is 12.9. The van der Waals surface area contributed by atoms with Crippen LogP contribution in [0.4, 0.5) is 0 Å². The fourth-order valence-corrected chi connectivity index (χ4v) is 3.47. The zero-order chi connectivity index (χ0) is 16.0. The maximum Gasteiger partial charge on any atom is 0.274 e. The van der Waals surface area contributed by atoms with Crippen molar-refractivity contribution in [1.82, 2.24) is 19.5 Å². The van der Waals surface area contributed by atoms with Gasteiger partial charge in [0.05, 0.1) is 11.6 Å². The van der Waals surface area contributed by atoms with Crippen LogP contribution in [0.2, 0.25) is 0 Å². The minimum absolute atomic E-state index is 0.0280. The summed E-state index contributed by atoms with van der Waals surface area (Å²) < 4.78 is 2.66. The Hall–Kier alpha value is -2.21. The first-order valence-corrected chi connectivity index (χ1v) is 8.31. The van der Waals surface area contributed by atoms with Crippen molar-refractivity contribution in [3.8, 4) is 0 Å². The van der Waals surface area contributed by atoms with E-state index in [1.165, 1.54) is 11.1 Å². The molecule has 0 fully saturated rings. The van der Waals surface area contributed by atoms with Crippen LogP contribution in [0.25, 0.3) is 5.52 Å². The Kier molecular flexibility index (Phi) is 3.41. The van der Waals surface area contributed by atoms with Gasteiger partial charge in [-0.3, -0.25) is 9.78 Å². The molecule has 1 unspecified atom stereocenters. The van der Waals surface area contributed by atoms with Crippen molar-refractivity contribution in [3.63, 3.8) is 0 Å². The van der Waals surface area contributed by atoms with Gasteiger partial charge >= 0.3 is 0 Å². The molecule has 1 amide bonds. The summed E-state index contributed by atoms with van der Waals surface area (Å²) >= 11 is 3.42. The second kappa shape index (κ2) is 5.45. The Morgan fingerprint density at radius 3 is 3.09 bits per heavy atom. The average Bonchev–Trinajstić information content (AvgIpc) is 2.98. The Labute approximate surface area is 142 Å². The van der Waals surface area contributed by atoms with Gasteiger partial charge in [-0.1, -0.05) is 0 Å². The molecule has 1 aliphatic rings. The highest BCUT2D eigenvalue weighted by Gasteiger charge is 2.29. The molecule has 3 aromatic heterocycles. The topological polar surface area (TPSA) is 50.5 Å². The molecular formula is C17H15BrN4O. The standard InChI is InChI=1S/C17H15BrN4O/c1-11-15-4-6-19-9-12(15)5-7-21(11)17(23)16-8-14-3-2-13(18)10-22(14)20-16/h2-4,6,8-11H,5,7H2,1H3. The lowest BCUT2D eigenvalue weighted by atomic mass is 9.95. The van der Waals surface area contributed by atoms with Gasteiger partial charge in [-0.25, -0.2) is 4.52 Å². The van der Waals surface area contributed by atoms with Crippen molar-refractivity contribution < 1.29 is 4.79 Å². The quantitative estimate of drug-likeness (QED) is 0.660. The molecule has 5 nitrogen and oxygen atoms in total. The highest BCUT2D eigenvalue weighted by Crippen LogP contribution is 2.29. The van der Waals surface area contributed by atoms with Gasteiger partial charge < -0.3 is 4.90 Å². The lowest BCUT2D eigenvalue weighted by Gasteiger charge is -2.34. The van der Waals surface area contributed by atoms with Crippen LogP contribution in [0.5, 0.6) is 0 Å². The van der Waals surface area contributed by atoms with Gasteiger partial charge in [-0.15, -0.1) is 0 Å². The molecule has 0 spiro atoms. The molecule has 0 bridgehead atoms. The third-order valence-electron chi connectivity index (χ3n) is 4.38. The highest BCUT2D eigenvalue weighted by molar-refractivity contribution is 9.10. The fourth-order valence-electron chi connectivity index (χ4n) is 3.15. The summed E-state index contributed by atoms with van der Waals surface area (Å²) in [6.07, 6.45) is 6.37. The minimum atomic E-state index is -0.0280. The van der Waals surface area contributed by atoms with E-state index in [4.69, 9.17) is 0 Å². The van der Waals surface area contributed by atoms with Gasteiger partial charge in [0.25, 0.3) is 5.91 Å². The third kappa shape index (κ3) is 2.43. The summed E-state index contributed by atoms with van der Waals surface area (Å²) in [5, 5.41) is 4.42. The van der Waals surface area contributed by atoms with Crippen molar-refractivity contribution in [2.45, 2.75) is 19.4 Å². The number of rotatable bonds is 1. The number of halogens is 1. The normalized spacial score (nSPS) is 17.3. The van der Waals surface area contributed by atoms with E-state index >= 15 is 0 Å². The first-order chi connectivity index (χ1) is 11.1. The van der Waals surface area contributed by atoms with Crippen LogP contribution < -0.4 is 0 Å². The Morgan fingerprint density at radius 2 is 2.22 bits per heavy atom. The third-order valence-corrected chi connectivity index (χ3v) is 4.85. The molecule has 0 radical (unpaired) electrons. The van der Waals surface area contributed by atoms with Gasteiger partial charge in [0.2, 0.25) is 0 Å². The number of fused-ring (bicyclic) bond motifs is 2. The van der Waals surface area contributed by atoms with Crippen LogP contribution in [-0.4, -0.2) is 31.9 Å². The number of carbonyl (C=O) groups is 1. The molecule has 1 atom stereocenters. The van der Waals surface area contributed by atoms with Crippen LogP contribution in [0.3, 0.4) is 0 Å². The van der Waals surface area contributed by atoms with Crippen molar-refractivity contribution in [2.24, 2.45) is 0 Å². The predicted molar refractivity (Wildman–Crippen MR) is 90.3 cm³/mol. The molecule has 4 rings (SSSR count). The van der Waals surface area contributed by atoms with Gasteiger partial charge in [0, 0.05) is 29.6 Å². The molecule has 0 N–H and O–H groups in total. The number of pyridine rings is 2. The van der Waals surface area contributed by atoms with Crippen molar-refractivity contribution in [2.75, 3.05) is 6.54 Å². The molecule has 0 saturated heterocycles. The van der Waals surface area contributed by atoms with Gasteiger partial charge in [0.15, 0.2) is 5.69 Å². The summed E-state index contributed by atoms with van der Waals surface area (Å²) in [6, 6.07) is 7.75. The number of hydrogen-bond donors (Lipinski definition) is 0. The largest absolute Gasteiger partial charge is 0.330 e. The van der Waals surface area contributed by atoms with E-state index in [2.05, 4.69) is 32.9 Å². The highest BCUT2D eigenvalue weighted by atomic mass is 79.9. The van der Waals surface area contributed by atoms with Crippen molar-refractivity contribution >= 4 is 27.4 Å². The molecule has 4 heterocycles. The van der Waals surface area contributed by atoms with Crippen molar-refractivity contribution in [1.29, 1.82) is 0 Å². The summed E-state index contributed by atoms with van der Waals surface area (Å²) in [7, 11) is 0. The first-order valence-electron chi connectivity index (χ1n) is 7.52. The molecule has 0 aromatic carbocycles. The zero-order valence-electron chi connectivity index (χ0n) is 12.6. The van der Waals surface area contributed by atoms with E-state index in [-0.39, 0.29) is 11.9 Å². The second-order valence-corrected chi connectivity index (χ2v) is 6.66. The molecule has 116 valence electrons. The van der Waals surface area contributed by atoms with E-state index in [1.54, 1.807) is 10.7 Å². The molecule has 23 heavy (non-hydrogen) atoms. The molecule has 0 aliphatic carbocycles. The lowest BCUT2D eigenvalue weighted by molar-refractivity contribution is 0.0671. The average molecular weight is 371 g/mol. The number of hydrogen-bond acceptors (Lipinski definition) is 3. The summed E-state index contributed by atoms with van der Waals surface area (Å²) in [6.45, 7) is 2.75. The molecule has 6 heteroatoms. The van der Waals surface area contributed by atoms with E-state index in [1.807, 2.05) is 41.6 Å². The molecular weight excluding hydrogens is 356 g/mol. The SMILES string of the molecule is CC1c2ccncc2CCN1C(=O)c1cc2ccc(Br)cn2n1. The zero-order valence-corrected chi connectivity index (χ0v) is 14.2. The monoisotopic (exact) mass is 370 g/mol. The predicted octanol–water partition coefficient (Wildman–Crippen LogP) is 3.25. The number of amides is 1. The molecule has 0 saturated carbocycles. The van der Waals surface area contributed by atoms with Gasteiger partial charge in [-0.2, -0.15) is 5.10 Å². The van der Waals surface area contributed by atoms with E-state index in [0.29, 0.717) is 12.2 Å². The first kappa shape index (κ1) is 14.4. The van der Waals surface area contributed by atoms with Gasteiger partial charge in [0.1, 0.15) is 0 Å². The van der Waals surface area contributed by atoms with Crippen LogP contribution in [0, 0.1) is 0 Å². The van der Waals surface area contributed by atoms with E-state index in [9.17, 15) is 4.79 Å². The van der Waals surface area contributed by atoms with Crippen molar-refractivity contribution in [3.05, 3.63) is 64.1 Å². The van der Waals surface area contributed by atoms with Crippen LogP contribution in [0.1, 0.15) is 34.6 Å². The molecule has 1 aliphatic heterocycles. The number of aromatic nitrogens is 3.